The van der Waals surface area contributed by atoms with Crippen molar-refractivity contribution in [3.05, 3.63) is 29.8 Å². The highest BCUT2D eigenvalue weighted by Gasteiger charge is 2.33. The van der Waals surface area contributed by atoms with Crippen LogP contribution in [-0.2, 0) is 25.8 Å². The molecule has 2 rings (SSSR count). The maximum Gasteiger partial charge on any atom is 0.324 e. The maximum absolute atomic E-state index is 13.0. The van der Waals surface area contributed by atoms with Gasteiger partial charge in [-0.3, -0.25) is 4.79 Å². The van der Waals surface area contributed by atoms with Gasteiger partial charge in [-0.25, -0.2) is 8.42 Å². The zero-order valence-corrected chi connectivity index (χ0v) is 21.5. The molecule has 1 fully saturated rings. The van der Waals surface area contributed by atoms with Gasteiger partial charge in [0.2, 0.25) is 0 Å². The Hall–Kier alpha value is -1.60. The highest BCUT2D eigenvalue weighted by atomic mass is 32.2. The molecule has 0 aliphatic carbocycles. The van der Waals surface area contributed by atoms with Crippen molar-refractivity contribution >= 4 is 15.8 Å². The normalized spacial score (nSPS) is 18.5. The van der Waals surface area contributed by atoms with Gasteiger partial charge in [-0.15, -0.1) is 0 Å². The monoisotopic (exact) mass is 481 g/mol. The number of unbranched alkanes of at least 4 members (excludes halogenated alkanes) is 5. The van der Waals surface area contributed by atoms with Gasteiger partial charge in [0.05, 0.1) is 12.4 Å². The van der Waals surface area contributed by atoms with Gasteiger partial charge in [0, 0.05) is 6.04 Å². The van der Waals surface area contributed by atoms with Gasteiger partial charge in [-0.2, -0.15) is 0 Å². The molecule has 0 radical (unpaired) electrons. The minimum Gasteiger partial charge on any atom is -0.489 e. The number of ether oxygens (including phenoxy) is 2. The summed E-state index contributed by atoms with van der Waals surface area (Å²) in [6.45, 7) is 7.12. The number of piperidine rings is 1. The second-order valence-electron chi connectivity index (χ2n) is 9.10. The van der Waals surface area contributed by atoms with Crippen LogP contribution in [0.1, 0.15) is 84.1 Å². The molecule has 0 saturated carbocycles. The average molecular weight is 482 g/mol. The Morgan fingerprint density at radius 1 is 1.06 bits per heavy atom. The minimum absolute atomic E-state index is 0.0235. The summed E-state index contributed by atoms with van der Waals surface area (Å²) in [5.74, 6) is 0.123. The SMILES string of the molecule is CCCCCCCCS(=O)(=O)C(Cc1ccc(OC(C)C2CCCCN2)cc1)C(=O)OCC. The molecule has 1 N–H and O–H groups in total. The number of rotatable bonds is 15. The highest BCUT2D eigenvalue weighted by molar-refractivity contribution is 7.92. The number of sulfone groups is 1. The molecule has 3 atom stereocenters. The van der Waals surface area contributed by atoms with Crippen molar-refractivity contribution in [3.63, 3.8) is 0 Å². The Balaban J connectivity index is 1.97. The summed E-state index contributed by atoms with van der Waals surface area (Å²) in [6, 6.07) is 7.76. The van der Waals surface area contributed by atoms with Crippen LogP contribution in [0.3, 0.4) is 0 Å². The van der Waals surface area contributed by atoms with E-state index >= 15 is 0 Å². The number of hydrogen-bond acceptors (Lipinski definition) is 6. The standard InChI is InChI=1S/C26H43NO5S/c1-4-6-7-8-9-12-19-33(29,30)25(26(28)31-5-2)20-22-14-16-23(17-15-22)32-21(3)24-13-10-11-18-27-24/h14-17,21,24-25,27H,4-13,18-20H2,1-3H3. The molecular formula is C26H43NO5S. The summed E-state index contributed by atoms with van der Waals surface area (Å²) in [6.07, 6.45) is 9.66. The lowest BCUT2D eigenvalue weighted by atomic mass is 10.0. The van der Waals surface area contributed by atoms with Crippen LogP contribution in [0.15, 0.2) is 24.3 Å². The fourth-order valence-corrected chi connectivity index (χ4v) is 6.01. The van der Waals surface area contributed by atoms with E-state index in [1.807, 2.05) is 24.3 Å². The second kappa shape index (κ2) is 14.6. The third-order valence-corrected chi connectivity index (χ3v) is 8.43. The van der Waals surface area contributed by atoms with Crippen LogP contribution in [0.5, 0.6) is 5.75 Å². The Morgan fingerprint density at radius 2 is 1.76 bits per heavy atom. The Bertz CT molecular complexity index is 787. The summed E-state index contributed by atoms with van der Waals surface area (Å²) < 4.78 is 37.2. The van der Waals surface area contributed by atoms with Gasteiger partial charge in [0.25, 0.3) is 0 Å². The zero-order valence-electron chi connectivity index (χ0n) is 20.7. The molecule has 33 heavy (non-hydrogen) atoms. The molecule has 0 bridgehead atoms. The number of carbonyl (C=O) groups excluding carboxylic acids is 1. The lowest BCUT2D eigenvalue weighted by Gasteiger charge is -2.29. The molecule has 1 saturated heterocycles. The van der Waals surface area contributed by atoms with Crippen LogP contribution in [0.2, 0.25) is 0 Å². The molecule has 1 aromatic carbocycles. The van der Waals surface area contributed by atoms with E-state index in [4.69, 9.17) is 9.47 Å². The van der Waals surface area contributed by atoms with Crippen LogP contribution in [0.25, 0.3) is 0 Å². The van der Waals surface area contributed by atoms with Gasteiger partial charge >= 0.3 is 5.97 Å². The Labute approximate surface area is 200 Å². The van der Waals surface area contributed by atoms with Crippen LogP contribution < -0.4 is 10.1 Å². The van der Waals surface area contributed by atoms with Crippen LogP contribution in [-0.4, -0.2) is 50.7 Å². The first-order valence-electron chi connectivity index (χ1n) is 12.7. The van der Waals surface area contributed by atoms with Gasteiger partial charge in [0.1, 0.15) is 11.9 Å². The quantitative estimate of drug-likeness (QED) is 0.285. The first kappa shape index (κ1) is 27.6. The number of carbonyl (C=O) groups is 1. The molecule has 7 heteroatoms. The molecule has 1 aromatic rings. The van der Waals surface area contributed by atoms with E-state index in [0.29, 0.717) is 12.5 Å². The predicted molar refractivity (Wildman–Crippen MR) is 133 cm³/mol. The minimum atomic E-state index is -3.59. The molecule has 6 nitrogen and oxygen atoms in total. The van der Waals surface area contributed by atoms with Crippen molar-refractivity contribution in [2.75, 3.05) is 18.9 Å². The first-order chi connectivity index (χ1) is 15.9. The average Bonchev–Trinajstić information content (AvgIpc) is 2.81. The maximum atomic E-state index is 13.0. The van der Waals surface area contributed by atoms with E-state index in [9.17, 15) is 13.2 Å². The smallest absolute Gasteiger partial charge is 0.324 e. The van der Waals surface area contributed by atoms with E-state index in [-0.39, 0.29) is 24.9 Å². The van der Waals surface area contributed by atoms with Crippen molar-refractivity contribution in [1.82, 2.24) is 5.32 Å². The van der Waals surface area contributed by atoms with Crippen LogP contribution in [0, 0.1) is 0 Å². The third kappa shape index (κ3) is 9.65. The van der Waals surface area contributed by atoms with E-state index < -0.39 is 21.1 Å². The zero-order chi connectivity index (χ0) is 24.1. The third-order valence-electron chi connectivity index (χ3n) is 6.35. The molecule has 188 valence electrons. The van der Waals surface area contributed by atoms with Gasteiger partial charge in [0.15, 0.2) is 15.1 Å². The van der Waals surface area contributed by atoms with Crippen molar-refractivity contribution in [3.8, 4) is 5.75 Å². The lowest BCUT2D eigenvalue weighted by molar-refractivity contribution is -0.142. The summed E-state index contributed by atoms with van der Waals surface area (Å²) >= 11 is 0. The fourth-order valence-electron chi connectivity index (χ4n) is 4.31. The summed E-state index contributed by atoms with van der Waals surface area (Å²) in [7, 11) is -3.59. The second-order valence-corrected chi connectivity index (χ2v) is 11.4. The Morgan fingerprint density at radius 3 is 2.39 bits per heavy atom. The molecule has 0 aromatic heterocycles. The van der Waals surface area contributed by atoms with E-state index in [1.165, 1.54) is 19.3 Å². The van der Waals surface area contributed by atoms with Crippen molar-refractivity contribution in [2.24, 2.45) is 0 Å². The molecule has 3 unspecified atom stereocenters. The number of esters is 1. The van der Waals surface area contributed by atoms with Gasteiger partial charge < -0.3 is 14.8 Å². The number of nitrogens with one attached hydrogen (secondary N) is 1. The molecule has 1 aliphatic rings. The van der Waals surface area contributed by atoms with Crippen molar-refractivity contribution < 1.29 is 22.7 Å². The summed E-state index contributed by atoms with van der Waals surface area (Å²) in [5, 5.41) is 2.34. The fraction of sp³-hybridized carbons (Fsp3) is 0.731. The Kier molecular flexibility index (Phi) is 12.2. The van der Waals surface area contributed by atoms with Crippen LogP contribution >= 0.6 is 0 Å². The van der Waals surface area contributed by atoms with Gasteiger partial charge in [-0.1, -0.05) is 57.6 Å². The largest absolute Gasteiger partial charge is 0.489 e. The highest BCUT2D eigenvalue weighted by Crippen LogP contribution is 2.21. The molecule has 1 heterocycles. The lowest BCUT2D eigenvalue weighted by Crippen LogP contribution is -2.44. The molecule has 1 aliphatic heterocycles. The number of hydrogen-bond donors (Lipinski definition) is 1. The topological polar surface area (TPSA) is 81.7 Å². The van der Waals surface area contributed by atoms with Gasteiger partial charge in [-0.05, 0) is 63.8 Å². The first-order valence-corrected chi connectivity index (χ1v) is 14.5. The predicted octanol–water partition coefficient (Wildman–Crippen LogP) is 4.85. The van der Waals surface area contributed by atoms with E-state index in [0.717, 1.165) is 50.0 Å². The van der Waals surface area contributed by atoms with Crippen molar-refractivity contribution in [1.29, 1.82) is 0 Å². The van der Waals surface area contributed by atoms with E-state index in [2.05, 4.69) is 19.2 Å². The molecular weight excluding hydrogens is 438 g/mol. The summed E-state index contributed by atoms with van der Waals surface area (Å²) in [5.41, 5.74) is 0.787. The summed E-state index contributed by atoms with van der Waals surface area (Å²) in [4.78, 5) is 12.5. The molecule has 0 amide bonds. The van der Waals surface area contributed by atoms with Crippen LogP contribution in [0.4, 0.5) is 0 Å². The number of benzene rings is 1. The van der Waals surface area contributed by atoms with Crippen molar-refractivity contribution in [2.45, 2.75) is 102 Å². The van der Waals surface area contributed by atoms with E-state index in [1.54, 1.807) is 6.92 Å². The molecule has 0 spiro atoms.